The van der Waals surface area contributed by atoms with Crippen molar-refractivity contribution >= 4 is 5.78 Å². The van der Waals surface area contributed by atoms with Crippen molar-refractivity contribution in [1.82, 2.24) is 4.90 Å². The first-order valence-electron chi connectivity index (χ1n) is 7.11. The molecule has 0 aromatic carbocycles. The summed E-state index contributed by atoms with van der Waals surface area (Å²) in [5.41, 5.74) is -1.06. The summed E-state index contributed by atoms with van der Waals surface area (Å²) >= 11 is 0. The molecule has 1 unspecified atom stereocenters. The van der Waals surface area contributed by atoms with Crippen molar-refractivity contribution in [2.75, 3.05) is 26.7 Å². The molecule has 4 heteroatoms. The van der Waals surface area contributed by atoms with Gasteiger partial charge in [-0.25, -0.2) is 0 Å². The first-order valence-corrected chi connectivity index (χ1v) is 7.11. The van der Waals surface area contributed by atoms with Crippen LogP contribution in [0.15, 0.2) is 0 Å². The smallest absolute Gasteiger partial charge is 0.171 e. The summed E-state index contributed by atoms with van der Waals surface area (Å²) in [6.07, 6.45) is 0.250. The second-order valence-corrected chi connectivity index (χ2v) is 6.81. The number of carbonyl (C=O) groups excluding carboxylic acids is 1. The lowest BCUT2D eigenvalue weighted by molar-refractivity contribution is -0.132. The molecule has 0 aromatic rings. The van der Waals surface area contributed by atoms with Crippen molar-refractivity contribution < 1.29 is 14.3 Å². The molecule has 0 bridgehead atoms. The Morgan fingerprint density at radius 1 is 1.32 bits per heavy atom. The number of ether oxygens (including phenoxy) is 2. The normalized spacial score (nSPS) is 25.5. The highest BCUT2D eigenvalue weighted by molar-refractivity contribution is 5.91. The first kappa shape index (κ1) is 16.6. The number of carbonyl (C=O) groups is 1. The molecule has 4 nitrogen and oxygen atoms in total. The van der Waals surface area contributed by atoms with E-state index in [0.29, 0.717) is 6.61 Å². The lowest BCUT2D eigenvalue weighted by atomic mass is 9.85. The van der Waals surface area contributed by atoms with Crippen LogP contribution in [-0.2, 0) is 14.3 Å². The number of hydrogen-bond donors (Lipinski definition) is 0. The first-order chi connectivity index (χ1) is 8.56. The Balaban J connectivity index is 2.53. The van der Waals surface area contributed by atoms with Crippen LogP contribution in [0.1, 0.15) is 41.5 Å². The fourth-order valence-electron chi connectivity index (χ4n) is 2.66. The van der Waals surface area contributed by atoms with Crippen LogP contribution in [0.25, 0.3) is 0 Å². The van der Waals surface area contributed by atoms with Crippen molar-refractivity contribution in [2.45, 2.75) is 58.8 Å². The minimum Gasteiger partial charge on any atom is -0.377 e. The van der Waals surface area contributed by atoms with E-state index < -0.39 is 11.2 Å². The molecule has 0 amide bonds. The van der Waals surface area contributed by atoms with Crippen LogP contribution in [0, 0.1) is 5.92 Å². The molecule has 0 N–H and O–H groups in total. The zero-order valence-corrected chi connectivity index (χ0v) is 13.4. The van der Waals surface area contributed by atoms with E-state index in [4.69, 9.17) is 9.47 Å². The quantitative estimate of drug-likeness (QED) is 0.742. The SMILES string of the molecule is CC(C)OCCN(C)CC1C(=O)C(C)(C)OC1(C)C. The van der Waals surface area contributed by atoms with Crippen LogP contribution in [0.5, 0.6) is 0 Å². The molecule has 1 atom stereocenters. The molecule has 1 heterocycles. The molecule has 0 spiro atoms. The monoisotopic (exact) mass is 271 g/mol. The number of hydrogen-bond acceptors (Lipinski definition) is 4. The van der Waals surface area contributed by atoms with E-state index in [2.05, 4.69) is 4.90 Å². The summed E-state index contributed by atoms with van der Waals surface area (Å²) in [4.78, 5) is 14.5. The Morgan fingerprint density at radius 3 is 2.32 bits per heavy atom. The molecule has 112 valence electrons. The predicted octanol–water partition coefficient (Wildman–Crippen LogP) is 2.12. The average Bonchev–Trinajstić information content (AvgIpc) is 2.36. The van der Waals surface area contributed by atoms with E-state index in [1.807, 2.05) is 48.6 Å². The van der Waals surface area contributed by atoms with E-state index in [-0.39, 0.29) is 17.8 Å². The minimum atomic E-state index is -0.663. The standard InChI is InChI=1S/C15H29NO3/c1-11(2)18-9-8-16(7)10-12-13(17)15(5,6)19-14(12,3)4/h11-12H,8-10H2,1-7H3. The van der Waals surface area contributed by atoms with Crippen LogP contribution < -0.4 is 0 Å². The van der Waals surface area contributed by atoms with E-state index in [0.717, 1.165) is 13.1 Å². The maximum absolute atomic E-state index is 12.4. The average molecular weight is 271 g/mol. The molecule has 1 fully saturated rings. The molecule has 0 radical (unpaired) electrons. The summed E-state index contributed by atoms with van der Waals surface area (Å²) in [5.74, 6) is 0.126. The van der Waals surface area contributed by atoms with Crippen molar-refractivity contribution in [3.05, 3.63) is 0 Å². The van der Waals surface area contributed by atoms with E-state index in [1.165, 1.54) is 0 Å². The third-order valence-corrected chi connectivity index (χ3v) is 3.69. The van der Waals surface area contributed by atoms with Crippen molar-refractivity contribution in [3.63, 3.8) is 0 Å². The van der Waals surface area contributed by atoms with Gasteiger partial charge in [0.2, 0.25) is 0 Å². The molecule has 1 rings (SSSR count). The summed E-state index contributed by atoms with van der Waals surface area (Å²) in [5, 5.41) is 0. The van der Waals surface area contributed by atoms with Crippen molar-refractivity contribution in [2.24, 2.45) is 5.92 Å². The summed E-state index contributed by atoms with van der Waals surface area (Å²) < 4.78 is 11.4. The molecule has 1 aliphatic rings. The Labute approximate surface area is 117 Å². The second kappa shape index (κ2) is 5.90. The van der Waals surface area contributed by atoms with Gasteiger partial charge in [-0.05, 0) is 48.6 Å². The number of Topliss-reactive ketones (excluding diaryl/α,β-unsaturated/α-hetero) is 1. The van der Waals surface area contributed by atoms with Gasteiger partial charge in [-0.15, -0.1) is 0 Å². The molecule has 0 aliphatic carbocycles. The fourth-order valence-corrected chi connectivity index (χ4v) is 2.66. The van der Waals surface area contributed by atoms with E-state index in [9.17, 15) is 4.79 Å². The van der Waals surface area contributed by atoms with Gasteiger partial charge < -0.3 is 14.4 Å². The molecule has 1 aliphatic heterocycles. The highest BCUT2D eigenvalue weighted by Gasteiger charge is 2.53. The van der Waals surface area contributed by atoms with Gasteiger partial charge in [-0.1, -0.05) is 0 Å². The van der Waals surface area contributed by atoms with Gasteiger partial charge in [0, 0.05) is 13.1 Å². The highest BCUT2D eigenvalue weighted by Crippen LogP contribution is 2.39. The van der Waals surface area contributed by atoms with Crippen LogP contribution >= 0.6 is 0 Å². The van der Waals surface area contributed by atoms with Gasteiger partial charge in [0.1, 0.15) is 5.60 Å². The Morgan fingerprint density at radius 2 is 1.89 bits per heavy atom. The van der Waals surface area contributed by atoms with Gasteiger partial charge in [0.15, 0.2) is 5.78 Å². The number of likely N-dealkylation sites (N-methyl/N-ethyl adjacent to an activating group) is 1. The van der Waals surface area contributed by atoms with Crippen molar-refractivity contribution in [1.29, 1.82) is 0 Å². The lowest BCUT2D eigenvalue weighted by Crippen LogP contribution is -2.40. The zero-order valence-electron chi connectivity index (χ0n) is 13.4. The number of nitrogens with zero attached hydrogens (tertiary/aromatic N) is 1. The minimum absolute atomic E-state index is 0.0773. The fraction of sp³-hybridized carbons (Fsp3) is 0.933. The molecular weight excluding hydrogens is 242 g/mol. The topological polar surface area (TPSA) is 38.8 Å². The molecule has 0 saturated carbocycles. The van der Waals surface area contributed by atoms with Gasteiger partial charge >= 0.3 is 0 Å². The maximum atomic E-state index is 12.4. The summed E-state index contributed by atoms with van der Waals surface area (Å²) in [7, 11) is 2.03. The largest absolute Gasteiger partial charge is 0.377 e. The van der Waals surface area contributed by atoms with Crippen LogP contribution in [0.4, 0.5) is 0 Å². The third kappa shape index (κ3) is 4.26. The van der Waals surface area contributed by atoms with Gasteiger partial charge in [0.05, 0.1) is 24.2 Å². The molecule has 0 aromatic heterocycles. The Kier molecular flexibility index (Phi) is 5.15. The van der Waals surface area contributed by atoms with E-state index in [1.54, 1.807) is 0 Å². The zero-order chi connectivity index (χ0) is 14.8. The Bertz CT molecular complexity index is 323. The Hall–Kier alpha value is -0.450. The summed E-state index contributed by atoms with van der Waals surface area (Å²) in [6.45, 7) is 14.0. The van der Waals surface area contributed by atoms with Gasteiger partial charge in [-0.2, -0.15) is 0 Å². The van der Waals surface area contributed by atoms with Crippen LogP contribution in [-0.4, -0.2) is 54.7 Å². The maximum Gasteiger partial charge on any atom is 0.171 e. The second-order valence-electron chi connectivity index (χ2n) is 6.81. The molecular formula is C15H29NO3. The van der Waals surface area contributed by atoms with E-state index >= 15 is 0 Å². The van der Waals surface area contributed by atoms with Gasteiger partial charge in [-0.3, -0.25) is 4.79 Å². The third-order valence-electron chi connectivity index (χ3n) is 3.69. The van der Waals surface area contributed by atoms with Crippen molar-refractivity contribution in [3.8, 4) is 0 Å². The lowest BCUT2D eigenvalue weighted by Gasteiger charge is -2.28. The predicted molar refractivity (Wildman–Crippen MR) is 76.3 cm³/mol. The number of ketones is 1. The molecule has 1 saturated heterocycles. The summed E-state index contributed by atoms with van der Waals surface area (Å²) in [6, 6.07) is 0. The highest BCUT2D eigenvalue weighted by atomic mass is 16.5. The van der Waals surface area contributed by atoms with Crippen LogP contribution in [0.2, 0.25) is 0 Å². The van der Waals surface area contributed by atoms with Gasteiger partial charge in [0.25, 0.3) is 0 Å². The molecule has 19 heavy (non-hydrogen) atoms. The van der Waals surface area contributed by atoms with Crippen LogP contribution in [0.3, 0.4) is 0 Å². The number of rotatable bonds is 6.